The highest BCUT2D eigenvalue weighted by atomic mass is 15.3. The molecule has 0 radical (unpaired) electrons. The van der Waals surface area contributed by atoms with Crippen molar-refractivity contribution >= 4 is 0 Å². The largest absolute Gasteiger partial charge is 0.311 e. The molecule has 2 rings (SSSR count). The maximum Gasteiger partial charge on any atom is 0.0762 e. The minimum absolute atomic E-state index is 0.451. The zero-order valence-electron chi connectivity index (χ0n) is 11.2. The van der Waals surface area contributed by atoms with Crippen molar-refractivity contribution in [2.24, 2.45) is 5.92 Å². The van der Waals surface area contributed by atoms with Gasteiger partial charge in [0.25, 0.3) is 0 Å². The molecule has 1 saturated heterocycles. The Kier molecular flexibility index (Phi) is 4.18. The molecule has 1 atom stereocenters. The first kappa shape index (κ1) is 12.6. The summed E-state index contributed by atoms with van der Waals surface area (Å²) in [6.07, 6.45) is 3.38. The van der Waals surface area contributed by atoms with Crippen LogP contribution in [0, 0.1) is 5.92 Å². The summed E-state index contributed by atoms with van der Waals surface area (Å²) in [5.41, 5.74) is 1.14. The van der Waals surface area contributed by atoms with Crippen molar-refractivity contribution in [1.82, 2.24) is 20.0 Å². The Labute approximate surface area is 104 Å². The first-order valence-corrected chi connectivity index (χ1v) is 6.58. The van der Waals surface area contributed by atoms with Gasteiger partial charge in [-0.2, -0.15) is 5.10 Å². The van der Waals surface area contributed by atoms with Gasteiger partial charge in [0, 0.05) is 25.3 Å². The number of nitrogens with zero attached hydrogens (tertiary/aromatic N) is 3. The molecule has 0 saturated carbocycles. The second kappa shape index (κ2) is 5.65. The summed E-state index contributed by atoms with van der Waals surface area (Å²) >= 11 is 0. The van der Waals surface area contributed by atoms with Crippen LogP contribution < -0.4 is 5.32 Å². The predicted molar refractivity (Wildman–Crippen MR) is 69.9 cm³/mol. The van der Waals surface area contributed by atoms with Gasteiger partial charge in [0.2, 0.25) is 0 Å². The Morgan fingerprint density at radius 3 is 2.94 bits per heavy atom. The van der Waals surface area contributed by atoms with Gasteiger partial charge in [0.05, 0.1) is 5.69 Å². The maximum atomic E-state index is 4.53. The molecular formula is C13H24N4. The van der Waals surface area contributed by atoms with Crippen molar-refractivity contribution in [3.8, 4) is 0 Å². The van der Waals surface area contributed by atoms with Crippen LogP contribution in [-0.4, -0.2) is 41.4 Å². The normalized spacial score (nSPS) is 21.5. The van der Waals surface area contributed by atoms with Crippen LogP contribution in [-0.2, 0) is 6.54 Å². The quantitative estimate of drug-likeness (QED) is 0.841. The molecule has 0 bridgehead atoms. The molecule has 1 aromatic heterocycles. The third kappa shape index (κ3) is 3.54. The van der Waals surface area contributed by atoms with E-state index in [1.54, 1.807) is 0 Å². The van der Waals surface area contributed by atoms with Gasteiger partial charge in [-0.15, -0.1) is 0 Å². The summed E-state index contributed by atoms with van der Waals surface area (Å²) in [4.78, 5) is 2.40. The molecule has 4 nitrogen and oxygen atoms in total. The Bertz CT molecular complexity index is 345. The Morgan fingerprint density at radius 2 is 2.35 bits per heavy atom. The smallest absolute Gasteiger partial charge is 0.0762 e. The molecule has 1 aromatic rings. The molecule has 1 aliphatic heterocycles. The summed E-state index contributed by atoms with van der Waals surface area (Å²) in [5.74, 6) is 0.812. The van der Waals surface area contributed by atoms with Gasteiger partial charge in [-0.3, -0.25) is 4.68 Å². The third-order valence-corrected chi connectivity index (χ3v) is 3.42. The molecular weight excluding hydrogens is 212 g/mol. The van der Waals surface area contributed by atoms with Crippen LogP contribution in [0.25, 0.3) is 0 Å². The molecule has 0 spiro atoms. The number of rotatable bonds is 5. The average molecular weight is 236 g/mol. The molecule has 2 heterocycles. The van der Waals surface area contributed by atoms with E-state index in [0.717, 1.165) is 24.7 Å². The Hall–Kier alpha value is -0.870. The lowest BCUT2D eigenvalue weighted by Crippen LogP contribution is -2.25. The average Bonchev–Trinajstić information content (AvgIpc) is 2.88. The SMILES string of the molecule is CC(C)n1ccc(CNCC2CCN(C)C2)n1. The second-order valence-corrected chi connectivity index (χ2v) is 5.43. The summed E-state index contributed by atoms with van der Waals surface area (Å²) in [6, 6.07) is 2.56. The Morgan fingerprint density at radius 1 is 1.53 bits per heavy atom. The van der Waals surface area contributed by atoms with Gasteiger partial charge in [-0.1, -0.05) is 0 Å². The first-order chi connectivity index (χ1) is 8.15. The van der Waals surface area contributed by atoms with Crippen molar-refractivity contribution in [2.75, 3.05) is 26.7 Å². The van der Waals surface area contributed by atoms with E-state index in [4.69, 9.17) is 0 Å². The zero-order chi connectivity index (χ0) is 12.3. The van der Waals surface area contributed by atoms with E-state index < -0.39 is 0 Å². The van der Waals surface area contributed by atoms with Crippen LogP contribution >= 0.6 is 0 Å². The fraction of sp³-hybridized carbons (Fsp3) is 0.769. The van der Waals surface area contributed by atoms with Crippen molar-refractivity contribution in [1.29, 1.82) is 0 Å². The monoisotopic (exact) mass is 236 g/mol. The van der Waals surface area contributed by atoms with Crippen molar-refractivity contribution in [3.05, 3.63) is 18.0 Å². The van der Waals surface area contributed by atoms with Gasteiger partial charge >= 0.3 is 0 Å². The molecule has 1 unspecified atom stereocenters. The van der Waals surface area contributed by atoms with Gasteiger partial charge < -0.3 is 10.2 Å². The lowest BCUT2D eigenvalue weighted by atomic mass is 10.1. The van der Waals surface area contributed by atoms with Crippen LogP contribution in [0.3, 0.4) is 0 Å². The second-order valence-electron chi connectivity index (χ2n) is 5.43. The van der Waals surface area contributed by atoms with Crippen molar-refractivity contribution < 1.29 is 0 Å². The van der Waals surface area contributed by atoms with Crippen LogP contribution in [0.1, 0.15) is 32.0 Å². The fourth-order valence-electron chi connectivity index (χ4n) is 2.36. The molecule has 1 fully saturated rings. The van der Waals surface area contributed by atoms with Crippen molar-refractivity contribution in [2.45, 2.75) is 32.9 Å². The summed E-state index contributed by atoms with van der Waals surface area (Å²) in [7, 11) is 2.20. The molecule has 0 aromatic carbocycles. The van der Waals surface area contributed by atoms with Crippen LogP contribution in [0.15, 0.2) is 12.3 Å². The minimum Gasteiger partial charge on any atom is -0.311 e. The lowest BCUT2D eigenvalue weighted by Gasteiger charge is -2.10. The van der Waals surface area contributed by atoms with Gasteiger partial charge in [0.15, 0.2) is 0 Å². The van der Waals surface area contributed by atoms with E-state index in [-0.39, 0.29) is 0 Å². The van der Waals surface area contributed by atoms with Crippen molar-refractivity contribution in [3.63, 3.8) is 0 Å². The summed E-state index contributed by atoms with van der Waals surface area (Å²) < 4.78 is 2.01. The summed E-state index contributed by atoms with van der Waals surface area (Å²) in [5, 5.41) is 8.05. The number of hydrogen-bond donors (Lipinski definition) is 1. The van der Waals surface area contributed by atoms with E-state index in [1.807, 2.05) is 4.68 Å². The molecule has 0 aliphatic carbocycles. The van der Waals surface area contributed by atoms with E-state index in [9.17, 15) is 0 Å². The fourth-order valence-corrected chi connectivity index (χ4v) is 2.36. The summed E-state index contributed by atoms with van der Waals surface area (Å²) in [6.45, 7) is 8.78. The van der Waals surface area contributed by atoms with Crippen LogP contribution in [0.2, 0.25) is 0 Å². The number of likely N-dealkylation sites (tertiary alicyclic amines) is 1. The van der Waals surface area contributed by atoms with Gasteiger partial charge in [0.1, 0.15) is 0 Å². The highest BCUT2D eigenvalue weighted by Gasteiger charge is 2.18. The van der Waals surface area contributed by atoms with Gasteiger partial charge in [-0.05, 0) is 52.4 Å². The zero-order valence-corrected chi connectivity index (χ0v) is 11.2. The number of nitrogens with one attached hydrogen (secondary N) is 1. The molecule has 1 N–H and O–H groups in total. The van der Waals surface area contributed by atoms with E-state index in [2.05, 4.69) is 48.5 Å². The molecule has 4 heteroatoms. The lowest BCUT2D eigenvalue weighted by molar-refractivity contribution is 0.387. The first-order valence-electron chi connectivity index (χ1n) is 6.58. The third-order valence-electron chi connectivity index (χ3n) is 3.42. The molecule has 17 heavy (non-hydrogen) atoms. The highest BCUT2D eigenvalue weighted by Crippen LogP contribution is 2.13. The number of aromatic nitrogens is 2. The highest BCUT2D eigenvalue weighted by molar-refractivity contribution is 4.99. The molecule has 96 valence electrons. The molecule has 0 amide bonds. The molecule has 1 aliphatic rings. The van der Waals surface area contributed by atoms with E-state index >= 15 is 0 Å². The Balaban J connectivity index is 1.70. The van der Waals surface area contributed by atoms with E-state index in [0.29, 0.717) is 6.04 Å². The van der Waals surface area contributed by atoms with Gasteiger partial charge in [-0.25, -0.2) is 0 Å². The topological polar surface area (TPSA) is 33.1 Å². The minimum atomic E-state index is 0.451. The van der Waals surface area contributed by atoms with Crippen LogP contribution in [0.4, 0.5) is 0 Å². The number of hydrogen-bond acceptors (Lipinski definition) is 3. The standard InChI is InChI=1S/C13H24N4/c1-11(2)17-7-5-13(15-17)9-14-8-12-4-6-16(3)10-12/h5,7,11-12,14H,4,6,8-10H2,1-3H3. The predicted octanol–water partition coefficient (Wildman–Crippen LogP) is 1.51. The maximum absolute atomic E-state index is 4.53. The van der Waals surface area contributed by atoms with Crippen LogP contribution in [0.5, 0.6) is 0 Å². The van der Waals surface area contributed by atoms with E-state index in [1.165, 1.54) is 19.5 Å².